The zero-order valence-corrected chi connectivity index (χ0v) is 23.5. The van der Waals surface area contributed by atoms with E-state index >= 15 is 0 Å². The number of fused-ring (bicyclic) bond motifs is 2. The molecule has 1 fully saturated rings. The molecule has 0 unspecified atom stereocenters. The quantitative estimate of drug-likeness (QED) is 0.505. The highest BCUT2D eigenvalue weighted by Crippen LogP contribution is 2.41. The molecule has 3 aromatic carbocycles. The summed E-state index contributed by atoms with van der Waals surface area (Å²) in [5.41, 5.74) is 5.99. The maximum atomic E-state index is 13.9. The van der Waals surface area contributed by atoms with Gasteiger partial charge in [0.15, 0.2) is 0 Å². The van der Waals surface area contributed by atoms with E-state index in [0.29, 0.717) is 32.6 Å². The molecular formula is C33H37FN4O2. The SMILES string of the molecule is C[C@@H]1CN(CC(=O)N2CC(C)(C)c3ccc(Cc4ccc(F)cc4)cc32)[C@@H](CN2Cc3ccccc3C2=O)CN1. The van der Waals surface area contributed by atoms with Crippen molar-refractivity contribution in [2.45, 2.75) is 51.2 Å². The van der Waals surface area contributed by atoms with Crippen LogP contribution in [0.1, 0.15) is 53.4 Å². The van der Waals surface area contributed by atoms with Gasteiger partial charge in [0.25, 0.3) is 5.91 Å². The number of halogens is 1. The third kappa shape index (κ3) is 5.16. The lowest BCUT2D eigenvalue weighted by Crippen LogP contribution is -2.60. The zero-order chi connectivity index (χ0) is 28.0. The number of carbonyl (C=O) groups is 2. The van der Waals surface area contributed by atoms with Crippen LogP contribution in [0.3, 0.4) is 0 Å². The van der Waals surface area contributed by atoms with E-state index in [2.05, 4.69) is 49.2 Å². The second-order valence-corrected chi connectivity index (χ2v) is 12.3. The molecule has 3 heterocycles. The fraction of sp³-hybridized carbons (Fsp3) is 0.394. The van der Waals surface area contributed by atoms with Crippen molar-refractivity contribution in [1.29, 1.82) is 0 Å². The van der Waals surface area contributed by atoms with Crippen LogP contribution in [0.4, 0.5) is 10.1 Å². The summed E-state index contributed by atoms with van der Waals surface area (Å²) in [6.07, 6.45) is 0.680. The fourth-order valence-corrected chi connectivity index (χ4v) is 6.49. The predicted molar refractivity (Wildman–Crippen MR) is 155 cm³/mol. The van der Waals surface area contributed by atoms with Gasteiger partial charge in [0.1, 0.15) is 5.82 Å². The summed E-state index contributed by atoms with van der Waals surface area (Å²) < 4.78 is 13.4. The minimum atomic E-state index is -0.240. The van der Waals surface area contributed by atoms with Crippen molar-refractivity contribution >= 4 is 17.5 Å². The maximum Gasteiger partial charge on any atom is 0.254 e. The van der Waals surface area contributed by atoms with Crippen LogP contribution in [0.5, 0.6) is 0 Å². The number of hydrogen-bond acceptors (Lipinski definition) is 4. The molecule has 6 nitrogen and oxygen atoms in total. The Morgan fingerprint density at radius 2 is 1.80 bits per heavy atom. The number of rotatable bonds is 6. The topological polar surface area (TPSA) is 55.9 Å². The molecule has 1 N–H and O–H groups in total. The Bertz CT molecular complexity index is 1440. The molecule has 0 saturated carbocycles. The highest BCUT2D eigenvalue weighted by atomic mass is 19.1. The molecule has 0 spiro atoms. The molecule has 2 amide bonds. The van der Waals surface area contributed by atoms with Gasteiger partial charge < -0.3 is 15.1 Å². The maximum absolute atomic E-state index is 13.9. The van der Waals surface area contributed by atoms with E-state index in [1.54, 1.807) is 0 Å². The second kappa shape index (κ2) is 10.5. The first-order valence-electron chi connectivity index (χ1n) is 14.2. The van der Waals surface area contributed by atoms with Crippen LogP contribution in [-0.2, 0) is 23.2 Å². The van der Waals surface area contributed by atoms with Gasteiger partial charge in [-0.05, 0) is 59.9 Å². The van der Waals surface area contributed by atoms with Crippen molar-refractivity contribution in [1.82, 2.24) is 15.1 Å². The molecule has 6 rings (SSSR count). The average molecular weight is 541 g/mol. The van der Waals surface area contributed by atoms with E-state index in [-0.39, 0.29) is 35.1 Å². The zero-order valence-electron chi connectivity index (χ0n) is 23.5. The first-order chi connectivity index (χ1) is 19.2. The number of amides is 2. The molecule has 7 heteroatoms. The molecule has 0 bridgehead atoms. The standard InChI is InChI=1S/C33H37FN4O2/c1-22-17-36(27(16-35-22)19-37-18-25-6-4-5-7-28(25)32(37)40)20-31(39)38-21-33(2,3)29-13-10-24(15-30(29)38)14-23-8-11-26(34)12-9-23/h4-13,15,22,27,35H,14,16-21H2,1-3H3/t22-,27-/m1/s1. The fourth-order valence-electron chi connectivity index (χ4n) is 6.49. The van der Waals surface area contributed by atoms with Crippen LogP contribution in [0.15, 0.2) is 66.7 Å². The van der Waals surface area contributed by atoms with E-state index in [4.69, 9.17) is 0 Å². The van der Waals surface area contributed by atoms with Crippen LogP contribution in [0.2, 0.25) is 0 Å². The highest BCUT2D eigenvalue weighted by Gasteiger charge is 2.40. The summed E-state index contributed by atoms with van der Waals surface area (Å²) in [7, 11) is 0. The van der Waals surface area contributed by atoms with Crippen molar-refractivity contribution in [3.8, 4) is 0 Å². The first kappa shape index (κ1) is 26.7. The Hall–Kier alpha value is -3.55. The van der Waals surface area contributed by atoms with Crippen LogP contribution in [0.25, 0.3) is 0 Å². The Labute approximate surface area is 235 Å². The van der Waals surface area contributed by atoms with Gasteiger partial charge in [0.2, 0.25) is 5.91 Å². The van der Waals surface area contributed by atoms with Gasteiger partial charge in [0.05, 0.1) is 6.54 Å². The molecule has 3 aliphatic rings. The molecule has 2 atom stereocenters. The van der Waals surface area contributed by atoms with Crippen molar-refractivity contribution in [3.05, 3.63) is 100 Å². The van der Waals surface area contributed by atoms with Crippen LogP contribution < -0.4 is 10.2 Å². The van der Waals surface area contributed by atoms with E-state index in [1.165, 1.54) is 17.7 Å². The number of hydrogen-bond donors (Lipinski definition) is 1. The van der Waals surface area contributed by atoms with E-state index in [1.807, 2.05) is 46.2 Å². The summed E-state index contributed by atoms with van der Waals surface area (Å²) >= 11 is 0. The summed E-state index contributed by atoms with van der Waals surface area (Å²) in [6.45, 7) is 10.1. The van der Waals surface area contributed by atoms with E-state index in [9.17, 15) is 14.0 Å². The number of nitrogens with one attached hydrogen (secondary N) is 1. The Morgan fingerprint density at radius 1 is 1.05 bits per heavy atom. The third-order valence-electron chi connectivity index (χ3n) is 8.65. The van der Waals surface area contributed by atoms with Gasteiger partial charge in [-0.25, -0.2) is 4.39 Å². The number of benzene rings is 3. The number of carbonyl (C=O) groups excluding carboxylic acids is 2. The molecular weight excluding hydrogens is 503 g/mol. The lowest BCUT2D eigenvalue weighted by atomic mass is 9.86. The van der Waals surface area contributed by atoms with Gasteiger partial charge in [-0.3, -0.25) is 14.5 Å². The van der Waals surface area contributed by atoms with Gasteiger partial charge in [-0.1, -0.05) is 56.3 Å². The Kier molecular flexibility index (Phi) is 6.97. The van der Waals surface area contributed by atoms with Crippen molar-refractivity contribution in [2.75, 3.05) is 37.6 Å². The largest absolute Gasteiger partial charge is 0.333 e. The normalized spacial score (nSPS) is 21.9. The average Bonchev–Trinajstić information content (AvgIpc) is 3.39. The summed E-state index contributed by atoms with van der Waals surface area (Å²) in [6, 6.07) is 21.1. The molecule has 3 aliphatic heterocycles. The van der Waals surface area contributed by atoms with E-state index < -0.39 is 0 Å². The van der Waals surface area contributed by atoms with Crippen molar-refractivity contribution < 1.29 is 14.0 Å². The minimum absolute atomic E-state index is 0.0540. The third-order valence-corrected chi connectivity index (χ3v) is 8.65. The Balaban J connectivity index is 1.19. The minimum Gasteiger partial charge on any atom is -0.333 e. The summed E-state index contributed by atoms with van der Waals surface area (Å²) in [5.74, 6) is -0.0827. The lowest BCUT2D eigenvalue weighted by Gasteiger charge is -2.41. The van der Waals surface area contributed by atoms with E-state index in [0.717, 1.165) is 41.0 Å². The molecule has 0 aromatic heterocycles. The monoisotopic (exact) mass is 540 g/mol. The number of anilines is 1. The summed E-state index contributed by atoms with van der Waals surface area (Å²) in [5, 5.41) is 3.55. The molecule has 0 aliphatic carbocycles. The smallest absolute Gasteiger partial charge is 0.254 e. The van der Waals surface area contributed by atoms with Crippen molar-refractivity contribution in [2.24, 2.45) is 0 Å². The number of piperazine rings is 1. The van der Waals surface area contributed by atoms with Gasteiger partial charge in [0, 0.05) is 61.5 Å². The highest BCUT2D eigenvalue weighted by molar-refractivity contribution is 5.99. The van der Waals surface area contributed by atoms with Gasteiger partial charge in [-0.2, -0.15) is 0 Å². The summed E-state index contributed by atoms with van der Waals surface area (Å²) in [4.78, 5) is 33.1. The predicted octanol–water partition coefficient (Wildman–Crippen LogP) is 4.36. The molecule has 208 valence electrons. The first-order valence-corrected chi connectivity index (χ1v) is 14.2. The van der Waals surface area contributed by atoms with Crippen LogP contribution in [0, 0.1) is 5.82 Å². The van der Waals surface area contributed by atoms with Crippen LogP contribution in [-0.4, -0.2) is 66.4 Å². The second-order valence-electron chi connectivity index (χ2n) is 12.3. The molecule has 0 radical (unpaired) electrons. The lowest BCUT2D eigenvalue weighted by molar-refractivity contribution is -0.120. The molecule has 1 saturated heterocycles. The molecule has 40 heavy (non-hydrogen) atoms. The van der Waals surface area contributed by atoms with Crippen molar-refractivity contribution in [3.63, 3.8) is 0 Å². The van der Waals surface area contributed by atoms with Gasteiger partial charge >= 0.3 is 0 Å². The molecule has 3 aromatic rings. The Morgan fingerprint density at radius 3 is 2.58 bits per heavy atom. The number of nitrogens with zero attached hydrogens (tertiary/aromatic N) is 3. The van der Waals surface area contributed by atoms with Gasteiger partial charge in [-0.15, -0.1) is 0 Å². The van der Waals surface area contributed by atoms with Crippen LogP contribution >= 0.6 is 0 Å².